The molecule has 0 fully saturated rings. The standard InChI is InChI=1S/C30H35Cl2N3O4S/c1-4-22(3)33-30(37)28(5-2)34(17-16-23-12-8-6-9-13-23)29(36)21-35(26-19-24(31)18-25(32)20-26)40(38,39)27-14-10-7-11-15-27/h6-15,18-20,22,28H,4-5,16-17,21H2,1-3H3,(H,33,37)/t22-,28+/m1/s1. The molecule has 0 bridgehead atoms. The molecule has 0 spiro atoms. The number of amides is 2. The highest BCUT2D eigenvalue weighted by atomic mass is 35.5. The van der Waals surface area contributed by atoms with Gasteiger partial charge < -0.3 is 10.2 Å². The Balaban J connectivity index is 2.03. The lowest BCUT2D eigenvalue weighted by Crippen LogP contribution is -2.54. The molecule has 214 valence electrons. The number of nitrogens with one attached hydrogen (secondary N) is 1. The highest BCUT2D eigenvalue weighted by Crippen LogP contribution is 2.30. The van der Waals surface area contributed by atoms with Gasteiger partial charge in [0, 0.05) is 22.6 Å². The molecule has 40 heavy (non-hydrogen) atoms. The second-order valence-electron chi connectivity index (χ2n) is 9.52. The molecule has 10 heteroatoms. The highest BCUT2D eigenvalue weighted by Gasteiger charge is 2.34. The minimum atomic E-state index is -4.19. The summed E-state index contributed by atoms with van der Waals surface area (Å²) in [5.74, 6) is -0.792. The van der Waals surface area contributed by atoms with Gasteiger partial charge >= 0.3 is 0 Å². The summed E-state index contributed by atoms with van der Waals surface area (Å²) in [4.78, 5) is 28.8. The molecule has 0 heterocycles. The molecule has 0 aliphatic carbocycles. The quantitative estimate of drug-likeness (QED) is 0.261. The lowest BCUT2D eigenvalue weighted by molar-refractivity contribution is -0.139. The van der Waals surface area contributed by atoms with E-state index in [9.17, 15) is 18.0 Å². The summed E-state index contributed by atoms with van der Waals surface area (Å²) >= 11 is 12.5. The van der Waals surface area contributed by atoms with E-state index in [1.165, 1.54) is 35.2 Å². The fraction of sp³-hybridized carbons (Fsp3) is 0.333. The third-order valence-corrected chi connectivity index (χ3v) is 8.84. The molecule has 0 aliphatic rings. The summed E-state index contributed by atoms with van der Waals surface area (Å²) in [6.45, 7) is 5.38. The second kappa shape index (κ2) is 14.5. The van der Waals surface area contributed by atoms with E-state index in [1.54, 1.807) is 18.2 Å². The van der Waals surface area contributed by atoms with Gasteiger partial charge in [0.05, 0.1) is 10.6 Å². The van der Waals surface area contributed by atoms with E-state index in [0.717, 1.165) is 16.3 Å². The van der Waals surface area contributed by atoms with Crippen LogP contribution in [0.2, 0.25) is 10.0 Å². The van der Waals surface area contributed by atoms with Gasteiger partial charge in [0.15, 0.2) is 0 Å². The Morgan fingerprint density at radius 3 is 2.00 bits per heavy atom. The van der Waals surface area contributed by atoms with Crippen molar-refractivity contribution >= 4 is 50.7 Å². The van der Waals surface area contributed by atoms with E-state index in [1.807, 2.05) is 51.1 Å². The topological polar surface area (TPSA) is 86.8 Å². The molecule has 0 unspecified atom stereocenters. The van der Waals surface area contributed by atoms with Gasteiger partial charge in [-0.15, -0.1) is 0 Å². The van der Waals surface area contributed by atoms with Crippen molar-refractivity contribution in [2.45, 2.75) is 57.0 Å². The van der Waals surface area contributed by atoms with E-state index in [0.29, 0.717) is 12.8 Å². The average Bonchev–Trinajstić information content (AvgIpc) is 2.94. The largest absolute Gasteiger partial charge is 0.352 e. The number of carbonyl (C=O) groups excluding carboxylic acids is 2. The number of rotatable bonds is 13. The van der Waals surface area contributed by atoms with Gasteiger partial charge in [0.25, 0.3) is 10.0 Å². The molecule has 0 aromatic heterocycles. The van der Waals surface area contributed by atoms with Crippen molar-refractivity contribution in [2.75, 3.05) is 17.4 Å². The summed E-state index contributed by atoms with van der Waals surface area (Å²) in [6.07, 6.45) is 1.59. The fourth-order valence-corrected chi connectivity index (χ4v) is 6.20. The monoisotopic (exact) mass is 603 g/mol. The molecule has 1 N–H and O–H groups in total. The number of carbonyl (C=O) groups is 2. The molecule has 2 amide bonds. The summed E-state index contributed by atoms with van der Waals surface area (Å²) < 4.78 is 28.7. The van der Waals surface area contributed by atoms with Crippen molar-refractivity contribution in [3.63, 3.8) is 0 Å². The highest BCUT2D eigenvalue weighted by molar-refractivity contribution is 7.92. The molecular formula is C30H35Cl2N3O4S. The van der Waals surface area contributed by atoms with Gasteiger partial charge in [-0.2, -0.15) is 0 Å². The van der Waals surface area contributed by atoms with Gasteiger partial charge in [-0.05, 0) is 62.1 Å². The molecule has 7 nitrogen and oxygen atoms in total. The first kappa shape index (κ1) is 31.5. The van der Waals surface area contributed by atoms with Crippen LogP contribution in [0.1, 0.15) is 39.2 Å². The Labute approximate surface area is 247 Å². The fourth-order valence-electron chi connectivity index (χ4n) is 4.27. The van der Waals surface area contributed by atoms with Crippen LogP contribution in [0.15, 0.2) is 83.8 Å². The van der Waals surface area contributed by atoms with Gasteiger partial charge in [-0.1, -0.05) is 85.6 Å². The van der Waals surface area contributed by atoms with Crippen molar-refractivity contribution < 1.29 is 18.0 Å². The van der Waals surface area contributed by atoms with Crippen LogP contribution in [0.3, 0.4) is 0 Å². The van der Waals surface area contributed by atoms with Crippen molar-refractivity contribution in [1.29, 1.82) is 0 Å². The Morgan fingerprint density at radius 2 is 1.45 bits per heavy atom. The van der Waals surface area contributed by atoms with Gasteiger partial charge in [0.1, 0.15) is 12.6 Å². The zero-order valence-corrected chi connectivity index (χ0v) is 25.2. The predicted octanol–water partition coefficient (Wildman–Crippen LogP) is 5.95. The number of benzene rings is 3. The lowest BCUT2D eigenvalue weighted by Gasteiger charge is -2.33. The molecule has 3 aromatic rings. The summed E-state index contributed by atoms with van der Waals surface area (Å²) in [5, 5.41) is 3.42. The minimum absolute atomic E-state index is 0.0105. The van der Waals surface area contributed by atoms with Crippen molar-refractivity contribution in [1.82, 2.24) is 10.2 Å². The molecule has 0 saturated carbocycles. The summed E-state index contributed by atoms with van der Waals surface area (Å²) in [5.41, 5.74) is 1.14. The SMILES string of the molecule is CC[C@@H](C)NC(=O)[C@H](CC)N(CCc1ccccc1)C(=O)CN(c1cc(Cl)cc(Cl)c1)S(=O)(=O)c1ccccc1. The van der Waals surface area contributed by atoms with Gasteiger partial charge in [-0.3, -0.25) is 13.9 Å². The molecule has 0 aliphatic heterocycles. The first-order chi connectivity index (χ1) is 19.1. The molecule has 2 atom stereocenters. The molecular weight excluding hydrogens is 569 g/mol. The number of hydrogen-bond donors (Lipinski definition) is 1. The van der Waals surface area contributed by atoms with Crippen molar-refractivity contribution in [2.24, 2.45) is 0 Å². The number of nitrogens with zero attached hydrogens (tertiary/aromatic N) is 2. The Kier molecular flexibility index (Phi) is 11.4. The van der Waals surface area contributed by atoms with Gasteiger partial charge in [-0.25, -0.2) is 8.42 Å². The number of anilines is 1. The Hall–Kier alpha value is -3.07. The summed E-state index contributed by atoms with van der Waals surface area (Å²) in [6, 6.07) is 21.0. The number of halogens is 2. The van der Waals surface area contributed by atoms with Crippen LogP contribution in [0.25, 0.3) is 0 Å². The summed E-state index contributed by atoms with van der Waals surface area (Å²) in [7, 11) is -4.19. The lowest BCUT2D eigenvalue weighted by atomic mass is 10.1. The molecule has 3 rings (SSSR count). The minimum Gasteiger partial charge on any atom is -0.352 e. The van der Waals surface area contributed by atoms with Crippen LogP contribution < -0.4 is 9.62 Å². The maximum absolute atomic E-state index is 14.0. The van der Waals surface area contributed by atoms with E-state index < -0.39 is 28.5 Å². The van der Waals surface area contributed by atoms with E-state index in [4.69, 9.17) is 23.2 Å². The zero-order chi connectivity index (χ0) is 29.3. The van der Waals surface area contributed by atoms with E-state index >= 15 is 0 Å². The molecule has 0 saturated heterocycles. The van der Waals surface area contributed by atoms with Crippen LogP contribution in [0, 0.1) is 0 Å². The third kappa shape index (κ3) is 8.22. The Bertz CT molecular complexity index is 1370. The second-order valence-corrected chi connectivity index (χ2v) is 12.3. The van der Waals surface area contributed by atoms with Crippen LogP contribution >= 0.6 is 23.2 Å². The van der Waals surface area contributed by atoms with Crippen LogP contribution in [-0.2, 0) is 26.0 Å². The van der Waals surface area contributed by atoms with E-state index in [-0.39, 0.29) is 39.1 Å². The third-order valence-electron chi connectivity index (χ3n) is 6.62. The molecule has 3 aromatic carbocycles. The zero-order valence-electron chi connectivity index (χ0n) is 22.9. The normalized spacial score (nSPS) is 12.8. The first-order valence-corrected chi connectivity index (χ1v) is 15.4. The maximum Gasteiger partial charge on any atom is 0.264 e. The average molecular weight is 605 g/mol. The van der Waals surface area contributed by atoms with Crippen LogP contribution in [0.4, 0.5) is 5.69 Å². The van der Waals surface area contributed by atoms with Gasteiger partial charge in [0.2, 0.25) is 11.8 Å². The first-order valence-electron chi connectivity index (χ1n) is 13.2. The predicted molar refractivity (Wildman–Crippen MR) is 161 cm³/mol. The van der Waals surface area contributed by atoms with Crippen molar-refractivity contribution in [3.8, 4) is 0 Å². The number of sulfonamides is 1. The van der Waals surface area contributed by atoms with Crippen LogP contribution in [0.5, 0.6) is 0 Å². The number of hydrogen-bond acceptors (Lipinski definition) is 4. The smallest absolute Gasteiger partial charge is 0.264 e. The van der Waals surface area contributed by atoms with Crippen LogP contribution in [-0.4, -0.2) is 50.3 Å². The molecule has 0 radical (unpaired) electrons. The van der Waals surface area contributed by atoms with Crippen molar-refractivity contribution in [3.05, 3.63) is 94.5 Å². The Morgan fingerprint density at radius 1 is 0.875 bits per heavy atom. The maximum atomic E-state index is 14.0. The van der Waals surface area contributed by atoms with E-state index in [2.05, 4.69) is 5.32 Å².